The largest absolute Gasteiger partial charge is 0.357 e. The Morgan fingerprint density at radius 3 is 2.40 bits per heavy atom. The zero-order chi connectivity index (χ0) is 13.7. The highest BCUT2D eigenvalue weighted by Crippen LogP contribution is 2.48. The number of fused-ring (bicyclic) bond motifs is 2. The number of rotatable bonds is 3. The Balaban J connectivity index is 1.87. The lowest BCUT2D eigenvalue weighted by molar-refractivity contribution is -0.463. The molecule has 4 rings (SSSR count). The van der Waals surface area contributed by atoms with Crippen LogP contribution in [0.1, 0.15) is 18.4 Å². The van der Waals surface area contributed by atoms with Gasteiger partial charge < -0.3 is 4.74 Å². The second-order valence-corrected chi connectivity index (χ2v) is 6.11. The molecule has 2 heterocycles. The fourth-order valence-electron chi connectivity index (χ4n) is 3.48. The molecule has 1 aliphatic carbocycles. The molecule has 0 unspecified atom stereocenters. The SMILES string of the molecule is C[N+](C)=C(C1=C(C2CC2)[C@H]2C=C[C@@H]1O2)c1ccccc1. The maximum absolute atomic E-state index is 6.12. The summed E-state index contributed by atoms with van der Waals surface area (Å²) in [7, 11) is 4.27. The van der Waals surface area contributed by atoms with Gasteiger partial charge in [-0.25, -0.2) is 4.58 Å². The Bertz CT molecular complexity index is 631. The molecule has 0 spiro atoms. The van der Waals surface area contributed by atoms with Crippen molar-refractivity contribution in [2.75, 3.05) is 14.1 Å². The van der Waals surface area contributed by atoms with Crippen LogP contribution in [0, 0.1) is 5.92 Å². The van der Waals surface area contributed by atoms with Crippen LogP contribution >= 0.6 is 0 Å². The van der Waals surface area contributed by atoms with Crippen LogP contribution in [0.25, 0.3) is 0 Å². The van der Waals surface area contributed by atoms with Crippen molar-refractivity contribution < 1.29 is 9.31 Å². The van der Waals surface area contributed by atoms with E-state index in [9.17, 15) is 0 Å². The summed E-state index contributed by atoms with van der Waals surface area (Å²) >= 11 is 0. The van der Waals surface area contributed by atoms with Gasteiger partial charge in [0, 0.05) is 5.56 Å². The first kappa shape index (κ1) is 12.1. The average molecular weight is 266 g/mol. The van der Waals surface area contributed by atoms with Crippen molar-refractivity contribution in [3.63, 3.8) is 0 Å². The molecule has 2 heteroatoms. The molecule has 0 aromatic heterocycles. The van der Waals surface area contributed by atoms with E-state index in [0.717, 1.165) is 5.92 Å². The second-order valence-electron chi connectivity index (χ2n) is 6.11. The molecule has 2 atom stereocenters. The van der Waals surface area contributed by atoms with Crippen molar-refractivity contribution in [3.05, 3.63) is 59.2 Å². The van der Waals surface area contributed by atoms with Gasteiger partial charge in [0.2, 0.25) is 5.71 Å². The maximum atomic E-state index is 6.12. The lowest BCUT2D eigenvalue weighted by Crippen LogP contribution is -2.24. The van der Waals surface area contributed by atoms with Gasteiger partial charge in [0.15, 0.2) is 0 Å². The summed E-state index contributed by atoms with van der Waals surface area (Å²) in [6, 6.07) is 10.7. The molecule has 2 nitrogen and oxygen atoms in total. The third-order valence-electron chi connectivity index (χ3n) is 4.42. The Labute approximate surface area is 120 Å². The van der Waals surface area contributed by atoms with E-state index in [2.05, 4.69) is 61.2 Å². The minimum absolute atomic E-state index is 0.160. The number of hydrogen-bond acceptors (Lipinski definition) is 1. The quantitative estimate of drug-likeness (QED) is 0.465. The molecular formula is C18H20NO+. The molecule has 1 saturated carbocycles. The van der Waals surface area contributed by atoms with Crippen LogP contribution < -0.4 is 0 Å². The smallest absolute Gasteiger partial charge is 0.213 e. The summed E-state index contributed by atoms with van der Waals surface area (Å²) < 4.78 is 8.36. The lowest BCUT2D eigenvalue weighted by Gasteiger charge is -2.14. The van der Waals surface area contributed by atoms with Gasteiger partial charge in [0.1, 0.15) is 20.2 Å². The van der Waals surface area contributed by atoms with Gasteiger partial charge in [-0.3, -0.25) is 0 Å². The summed E-state index contributed by atoms with van der Waals surface area (Å²) in [5, 5.41) is 0. The molecule has 1 fully saturated rings. The fourth-order valence-corrected chi connectivity index (χ4v) is 3.48. The Morgan fingerprint density at radius 1 is 1.05 bits per heavy atom. The molecule has 2 aliphatic heterocycles. The van der Waals surface area contributed by atoms with E-state index in [1.807, 2.05) is 0 Å². The monoisotopic (exact) mass is 266 g/mol. The predicted molar refractivity (Wildman–Crippen MR) is 80.2 cm³/mol. The first-order chi connectivity index (χ1) is 9.75. The van der Waals surface area contributed by atoms with Crippen LogP contribution in [-0.4, -0.2) is 36.6 Å². The molecule has 0 radical (unpaired) electrons. The van der Waals surface area contributed by atoms with Crippen LogP contribution in [-0.2, 0) is 4.74 Å². The van der Waals surface area contributed by atoms with Gasteiger partial charge in [0.25, 0.3) is 0 Å². The van der Waals surface area contributed by atoms with Crippen molar-refractivity contribution in [3.8, 4) is 0 Å². The predicted octanol–water partition coefficient (Wildman–Crippen LogP) is 2.79. The van der Waals surface area contributed by atoms with E-state index >= 15 is 0 Å². The molecule has 2 bridgehead atoms. The summed E-state index contributed by atoms with van der Waals surface area (Å²) in [6.45, 7) is 0. The van der Waals surface area contributed by atoms with E-state index < -0.39 is 0 Å². The molecule has 0 N–H and O–H groups in total. The molecule has 0 saturated heterocycles. The van der Waals surface area contributed by atoms with Crippen LogP contribution in [0.15, 0.2) is 53.6 Å². The normalized spacial score (nSPS) is 27.3. The molecule has 3 aliphatic rings. The van der Waals surface area contributed by atoms with E-state index in [-0.39, 0.29) is 12.2 Å². The van der Waals surface area contributed by atoms with Gasteiger partial charge in [-0.1, -0.05) is 30.4 Å². The van der Waals surface area contributed by atoms with E-state index in [1.54, 1.807) is 5.57 Å². The number of benzene rings is 1. The highest BCUT2D eigenvalue weighted by atomic mass is 16.5. The van der Waals surface area contributed by atoms with E-state index in [4.69, 9.17) is 4.74 Å². The molecule has 20 heavy (non-hydrogen) atoms. The van der Waals surface area contributed by atoms with Crippen molar-refractivity contribution in [1.82, 2.24) is 0 Å². The number of nitrogens with zero attached hydrogens (tertiary/aromatic N) is 1. The topological polar surface area (TPSA) is 12.2 Å². The fraction of sp³-hybridized carbons (Fsp3) is 0.389. The van der Waals surface area contributed by atoms with Gasteiger partial charge in [-0.2, -0.15) is 0 Å². The second kappa shape index (κ2) is 4.42. The van der Waals surface area contributed by atoms with Crippen LogP contribution in [0.2, 0.25) is 0 Å². The third kappa shape index (κ3) is 1.79. The van der Waals surface area contributed by atoms with E-state index in [1.165, 1.54) is 29.7 Å². The molecule has 0 amide bonds. The third-order valence-corrected chi connectivity index (χ3v) is 4.42. The van der Waals surface area contributed by atoms with Gasteiger partial charge in [0.05, 0.1) is 11.7 Å². The summed E-state index contributed by atoms with van der Waals surface area (Å²) in [5.74, 6) is 0.753. The zero-order valence-corrected chi connectivity index (χ0v) is 12.0. The van der Waals surface area contributed by atoms with Gasteiger partial charge in [-0.05, 0) is 36.5 Å². The summed E-state index contributed by atoms with van der Waals surface area (Å²) in [4.78, 5) is 0. The highest BCUT2D eigenvalue weighted by molar-refractivity contribution is 6.11. The first-order valence-electron chi connectivity index (χ1n) is 7.43. The van der Waals surface area contributed by atoms with E-state index in [0.29, 0.717) is 0 Å². The zero-order valence-electron chi connectivity index (χ0n) is 12.0. The van der Waals surface area contributed by atoms with Crippen LogP contribution in [0.5, 0.6) is 0 Å². The minimum atomic E-state index is 0.160. The molecule has 1 aromatic carbocycles. The molecular weight excluding hydrogens is 246 g/mol. The standard InChI is InChI=1S/C18H20NO/c1-19(2)18(13-6-4-3-5-7-13)17-15-11-10-14(20-15)16(17)12-8-9-12/h3-7,10-12,14-15H,8-9H2,1-2H3/q+1/t14-,15+/m1/s1. The summed E-state index contributed by atoms with van der Waals surface area (Å²) in [5.41, 5.74) is 5.58. The van der Waals surface area contributed by atoms with Crippen molar-refractivity contribution in [2.24, 2.45) is 5.92 Å². The Morgan fingerprint density at radius 2 is 1.75 bits per heavy atom. The number of ether oxygens (including phenoxy) is 1. The summed E-state index contributed by atoms with van der Waals surface area (Å²) in [6.07, 6.45) is 7.51. The van der Waals surface area contributed by atoms with Crippen molar-refractivity contribution in [1.29, 1.82) is 0 Å². The van der Waals surface area contributed by atoms with Crippen LogP contribution in [0.4, 0.5) is 0 Å². The highest BCUT2D eigenvalue weighted by Gasteiger charge is 2.46. The Hall–Kier alpha value is -1.67. The maximum Gasteiger partial charge on any atom is 0.213 e. The molecule has 102 valence electrons. The van der Waals surface area contributed by atoms with Crippen molar-refractivity contribution in [2.45, 2.75) is 25.0 Å². The lowest BCUT2D eigenvalue weighted by atomic mass is 9.87. The minimum Gasteiger partial charge on any atom is -0.357 e. The van der Waals surface area contributed by atoms with Crippen LogP contribution in [0.3, 0.4) is 0 Å². The molecule has 1 aromatic rings. The average Bonchev–Trinajstić information content (AvgIpc) is 3.09. The van der Waals surface area contributed by atoms with Crippen molar-refractivity contribution >= 4 is 5.71 Å². The number of hydrogen-bond donors (Lipinski definition) is 0. The van der Waals surface area contributed by atoms with Gasteiger partial charge in [-0.15, -0.1) is 0 Å². The Kier molecular flexibility index (Phi) is 2.67. The first-order valence-corrected chi connectivity index (χ1v) is 7.43. The van der Waals surface area contributed by atoms with Gasteiger partial charge >= 0.3 is 0 Å².